The van der Waals surface area contributed by atoms with Crippen molar-refractivity contribution in [2.24, 2.45) is 5.41 Å². The Balaban J connectivity index is 2.76. The smallest absolute Gasteiger partial charge is 0.325 e. The molecule has 4 N–H and O–H groups in total. The molecule has 0 spiro atoms. The highest BCUT2D eigenvalue weighted by molar-refractivity contribution is 5.92. The van der Waals surface area contributed by atoms with Gasteiger partial charge in [-0.1, -0.05) is 51.1 Å². The molecule has 27 heavy (non-hydrogen) atoms. The van der Waals surface area contributed by atoms with Gasteiger partial charge in [0.15, 0.2) is 0 Å². The predicted molar refractivity (Wildman–Crippen MR) is 99.8 cm³/mol. The van der Waals surface area contributed by atoms with Crippen LogP contribution in [0.4, 0.5) is 0 Å². The van der Waals surface area contributed by atoms with E-state index in [-0.39, 0.29) is 18.9 Å². The molecular weight excluding hydrogens is 350 g/mol. The van der Waals surface area contributed by atoms with E-state index in [0.29, 0.717) is 0 Å². The number of carbonyl (C=O) groups is 4. The summed E-state index contributed by atoms with van der Waals surface area (Å²) in [6.07, 6.45) is 0.266. The first kappa shape index (κ1) is 22.1. The minimum absolute atomic E-state index is 0.266. The minimum Gasteiger partial charge on any atom is -0.480 e. The SMILES string of the molecule is C[C@H](NC(=O)CNC(=O)[C@@H](Cc1ccccc1)NC(=O)C(C)(C)C)C(=O)O. The number of amides is 3. The Hall–Kier alpha value is -2.90. The third-order valence-electron chi connectivity index (χ3n) is 3.76. The van der Waals surface area contributed by atoms with Gasteiger partial charge in [0.25, 0.3) is 0 Å². The van der Waals surface area contributed by atoms with Gasteiger partial charge < -0.3 is 21.1 Å². The molecule has 0 aromatic heterocycles. The van der Waals surface area contributed by atoms with E-state index >= 15 is 0 Å². The average molecular weight is 377 g/mol. The van der Waals surface area contributed by atoms with E-state index in [4.69, 9.17) is 5.11 Å². The fraction of sp³-hybridized carbons (Fsp3) is 0.474. The normalized spacial score (nSPS) is 13.2. The molecule has 8 heteroatoms. The second-order valence-corrected chi connectivity index (χ2v) is 7.31. The lowest BCUT2D eigenvalue weighted by Gasteiger charge is -2.24. The van der Waals surface area contributed by atoms with Crippen LogP contribution in [-0.4, -0.2) is 47.4 Å². The van der Waals surface area contributed by atoms with E-state index in [0.717, 1.165) is 5.56 Å². The number of carboxylic acids is 1. The van der Waals surface area contributed by atoms with Crippen LogP contribution in [0.1, 0.15) is 33.3 Å². The summed E-state index contributed by atoms with van der Waals surface area (Å²) >= 11 is 0. The highest BCUT2D eigenvalue weighted by Gasteiger charge is 2.28. The van der Waals surface area contributed by atoms with Gasteiger partial charge in [-0.2, -0.15) is 0 Å². The first-order chi connectivity index (χ1) is 12.5. The molecule has 0 saturated carbocycles. The van der Waals surface area contributed by atoms with Crippen molar-refractivity contribution in [2.75, 3.05) is 6.54 Å². The van der Waals surface area contributed by atoms with Crippen LogP contribution in [0.25, 0.3) is 0 Å². The first-order valence-electron chi connectivity index (χ1n) is 8.65. The molecule has 0 radical (unpaired) electrons. The number of aliphatic carboxylic acids is 1. The zero-order valence-electron chi connectivity index (χ0n) is 16.0. The van der Waals surface area contributed by atoms with Crippen molar-refractivity contribution >= 4 is 23.7 Å². The molecule has 1 aromatic rings. The van der Waals surface area contributed by atoms with Crippen LogP contribution in [0, 0.1) is 5.41 Å². The molecule has 1 aromatic carbocycles. The number of carbonyl (C=O) groups excluding carboxylic acids is 3. The van der Waals surface area contributed by atoms with Crippen LogP contribution >= 0.6 is 0 Å². The topological polar surface area (TPSA) is 125 Å². The van der Waals surface area contributed by atoms with Crippen molar-refractivity contribution in [1.82, 2.24) is 16.0 Å². The summed E-state index contributed by atoms with van der Waals surface area (Å²) in [5.74, 6) is -2.61. The van der Waals surface area contributed by atoms with Gasteiger partial charge in [-0.15, -0.1) is 0 Å². The number of rotatable bonds is 8. The Morgan fingerprint density at radius 3 is 2.15 bits per heavy atom. The van der Waals surface area contributed by atoms with E-state index in [9.17, 15) is 19.2 Å². The monoisotopic (exact) mass is 377 g/mol. The molecule has 0 bridgehead atoms. The number of nitrogens with one attached hydrogen (secondary N) is 3. The summed E-state index contributed by atoms with van der Waals surface area (Å²) in [5, 5.41) is 16.2. The molecule has 0 aliphatic heterocycles. The van der Waals surface area contributed by atoms with Crippen molar-refractivity contribution < 1.29 is 24.3 Å². The minimum atomic E-state index is -1.17. The summed E-state index contributed by atoms with van der Waals surface area (Å²) in [5.41, 5.74) is 0.180. The molecule has 0 heterocycles. The van der Waals surface area contributed by atoms with Crippen molar-refractivity contribution in [3.63, 3.8) is 0 Å². The molecule has 8 nitrogen and oxygen atoms in total. The molecule has 148 valence electrons. The third-order valence-corrected chi connectivity index (χ3v) is 3.76. The van der Waals surface area contributed by atoms with Gasteiger partial charge in [0.05, 0.1) is 6.54 Å². The van der Waals surface area contributed by atoms with Crippen LogP contribution in [0.5, 0.6) is 0 Å². The average Bonchev–Trinajstić information content (AvgIpc) is 2.58. The van der Waals surface area contributed by atoms with Gasteiger partial charge in [0.2, 0.25) is 17.7 Å². The van der Waals surface area contributed by atoms with Crippen LogP contribution in [0.15, 0.2) is 30.3 Å². The maximum atomic E-state index is 12.5. The molecule has 1 rings (SSSR count). The second kappa shape index (κ2) is 9.70. The molecule has 3 amide bonds. The summed E-state index contributed by atoms with van der Waals surface area (Å²) in [4.78, 5) is 47.3. The number of carboxylic acid groups (broad SMARTS) is 1. The summed E-state index contributed by atoms with van der Waals surface area (Å²) in [6, 6.07) is 7.27. The molecule has 0 unspecified atom stereocenters. The van der Waals surface area contributed by atoms with Gasteiger partial charge in [-0.3, -0.25) is 19.2 Å². The maximum Gasteiger partial charge on any atom is 0.325 e. The van der Waals surface area contributed by atoms with Crippen molar-refractivity contribution in [2.45, 2.75) is 46.2 Å². The highest BCUT2D eigenvalue weighted by Crippen LogP contribution is 2.14. The number of hydrogen-bond acceptors (Lipinski definition) is 4. The highest BCUT2D eigenvalue weighted by atomic mass is 16.4. The molecule has 0 fully saturated rings. The zero-order valence-corrected chi connectivity index (χ0v) is 16.0. The van der Waals surface area contributed by atoms with Gasteiger partial charge in [0.1, 0.15) is 12.1 Å². The Bertz CT molecular complexity index is 682. The summed E-state index contributed by atoms with van der Waals surface area (Å²) < 4.78 is 0. The summed E-state index contributed by atoms with van der Waals surface area (Å²) in [6.45, 7) is 6.15. The van der Waals surface area contributed by atoms with Crippen LogP contribution in [0.3, 0.4) is 0 Å². The fourth-order valence-electron chi connectivity index (χ4n) is 2.08. The molecular formula is C19H27N3O5. The van der Waals surface area contributed by atoms with E-state index in [2.05, 4.69) is 16.0 Å². The number of benzene rings is 1. The second-order valence-electron chi connectivity index (χ2n) is 7.31. The third kappa shape index (κ3) is 7.89. The lowest BCUT2D eigenvalue weighted by molar-refractivity contribution is -0.141. The van der Waals surface area contributed by atoms with Crippen molar-refractivity contribution in [3.05, 3.63) is 35.9 Å². The van der Waals surface area contributed by atoms with E-state index < -0.39 is 35.3 Å². The Morgan fingerprint density at radius 1 is 1.04 bits per heavy atom. The maximum absolute atomic E-state index is 12.5. The van der Waals surface area contributed by atoms with E-state index in [1.54, 1.807) is 20.8 Å². The van der Waals surface area contributed by atoms with E-state index in [1.165, 1.54) is 6.92 Å². The number of hydrogen-bond donors (Lipinski definition) is 4. The largest absolute Gasteiger partial charge is 0.480 e. The first-order valence-corrected chi connectivity index (χ1v) is 8.65. The van der Waals surface area contributed by atoms with Crippen LogP contribution in [0.2, 0.25) is 0 Å². The molecule has 0 aliphatic carbocycles. The summed E-state index contributed by atoms with van der Waals surface area (Å²) in [7, 11) is 0. The lowest BCUT2D eigenvalue weighted by Crippen LogP contribution is -2.53. The molecule has 0 aliphatic rings. The van der Waals surface area contributed by atoms with E-state index in [1.807, 2.05) is 30.3 Å². The van der Waals surface area contributed by atoms with Gasteiger partial charge in [-0.05, 0) is 12.5 Å². The zero-order chi connectivity index (χ0) is 20.6. The van der Waals surface area contributed by atoms with Gasteiger partial charge in [0, 0.05) is 11.8 Å². The Morgan fingerprint density at radius 2 is 1.63 bits per heavy atom. The van der Waals surface area contributed by atoms with Crippen LogP contribution < -0.4 is 16.0 Å². The lowest BCUT2D eigenvalue weighted by atomic mass is 9.94. The van der Waals surface area contributed by atoms with Gasteiger partial charge in [-0.25, -0.2) is 0 Å². The predicted octanol–water partition coefficient (Wildman–Crippen LogP) is 0.466. The van der Waals surface area contributed by atoms with Crippen molar-refractivity contribution in [3.8, 4) is 0 Å². The molecule has 2 atom stereocenters. The Kier molecular flexibility index (Phi) is 7.96. The fourth-order valence-corrected chi connectivity index (χ4v) is 2.08. The molecule has 0 saturated heterocycles. The van der Waals surface area contributed by atoms with Crippen LogP contribution in [-0.2, 0) is 25.6 Å². The van der Waals surface area contributed by atoms with Gasteiger partial charge >= 0.3 is 5.97 Å². The quantitative estimate of drug-likeness (QED) is 0.524. The Labute approximate surface area is 158 Å². The van der Waals surface area contributed by atoms with Crippen molar-refractivity contribution in [1.29, 1.82) is 0 Å². The standard InChI is InChI=1S/C19H27N3O5/c1-12(17(25)26)21-15(23)11-20-16(24)14(22-18(27)19(2,3)4)10-13-8-6-5-7-9-13/h5-9,12,14H,10-11H2,1-4H3,(H,20,24)(H,21,23)(H,22,27)(H,25,26)/t12-,14+/m0/s1.